The molecule has 0 bridgehead atoms. The van der Waals surface area contributed by atoms with Crippen molar-refractivity contribution >= 4 is 33.9 Å². The first-order valence-corrected chi connectivity index (χ1v) is 10.6. The highest BCUT2D eigenvalue weighted by atomic mass is 16.5. The number of nitrogens with one attached hydrogen (secondary N) is 1. The third-order valence-electron chi connectivity index (χ3n) is 5.81. The van der Waals surface area contributed by atoms with Crippen LogP contribution < -0.4 is 15.8 Å². The molecule has 1 unspecified atom stereocenters. The van der Waals surface area contributed by atoms with E-state index in [0.717, 1.165) is 44.9 Å². The number of fused-ring (bicyclic) bond motifs is 3. The molecule has 0 spiro atoms. The summed E-state index contributed by atoms with van der Waals surface area (Å²) in [5, 5.41) is 3.73. The number of amides is 1. The molecule has 1 atom stereocenters. The summed E-state index contributed by atoms with van der Waals surface area (Å²) in [6, 6.07) is 9.41. The third-order valence-corrected chi connectivity index (χ3v) is 5.81. The molecule has 1 amide bonds. The summed E-state index contributed by atoms with van der Waals surface area (Å²) in [4.78, 5) is 20.7. The molecule has 7 heteroatoms. The number of anilines is 1. The molecule has 3 aromatic rings. The normalized spacial score (nSPS) is 17.2. The van der Waals surface area contributed by atoms with Gasteiger partial charge in [-0.15, -0.1) is 0 Å². The zero-order valence-electron chi connectivity index (χ0n) is 18.0. The molecule has 0 radical (unpaired) electrons. The van der Waals surface area contributed by atoms with Crippen molar-refractivity contribution in [3.63, 3.8) is 0 Å². The molecule has 5 rings (SSSR count). The number of nitrogens with zero attached hydrogens (tertiary/aromatic N) is 3. The fourth-order valence-electron chi connectivity index (χ4n) is 4.30. The SMILES string of the molecule is C=CC(=O)NC1Cn2c(c(C3=CCC=C(Oc4ccccc4)C=C3)c3c(N)ncnc32)C1=C. The number of aromatic nitrogens is 3. The molecular weight excluding hydrogens is 414 g/mol. The first-order valence-electron chi connectivity index (χ1n) is 10.6. The number of carbonyl (C=O) groups excluding carboxylic acids is 1. The molecule has 3 N–H and O–H groups in total. The van der Waals surface area contributed by atoms with E-state index in [0.29, 0.717) is 18.8 Å². The van der Waals surface area contributed by atoms with E-state index in [2.05, 4.69) is 34.5 Å². The average Bonchev–Trinajstić information content (AvgIpc) is 3.20. The van der Waals surface area contributed by atoms with E-state index in [9.17, 15) is 4.79 Å². The Morgan fingerprint density at radius 2 is 2.03 bits per heavy atom. The van der Waals surface area contributed by atoms with Gasteiger partial charge in [-0.25, -0.2) is 9.97 Å². The fourth-order valence-corrected chi connectivity index (χ4v) is 4.30. The van der Waals surface area contributed by atoms with Crippen molar-refractivity contribution < 1.29 is 9.53 Å². The Bertz CT molecular complexity index is 1380. The number of hydrogen-bond acceptors (Lipinski definition) is 5. The van der Waals surface area contributed by atoms with Crippen LogP contribution in [0.1, 0.15) is 17.7 Å². The van der Waals surface area contributed by atoms with Crippen LogP contribution in [-0.2, 0) is 11.3 Å². The summed E-state index contributed by atoms with van der Waals surface area (Å²) in [5.41, 5.74) is 10.6. The van der Waals surface area contributed by atoms with E-state index in [-0.39, 0.29) is 11.9 Å². The van der Waals surface area contributed by atoms with Gasteiger partial charge in [0.2, 0.25) is 5.91 Å². The van der Waals surface area contributed by atoms with Gasteiger partial charge in [-0.05, 0) is 47.9 Å². The number of allylic oxidation sites excluding steroid dienone is 5. The lowest BCUT2D eigenvalue weighted by Gasteiger charge is -2.13. The summed E-state index contributed by atoms with van der Waals surface area (Å²) < 4.78 is 8.06. The number of para-hydroxylation sites is 1. The van der Waals surface area contributed by atoms with Crippen LogP contribution in [0.5, 0.6) is 5.75 Å². The van der Waals surface area contributed by atoms with E-state index in [1.54, 1.807) is 0 Å². The van der Waals surface area contributed by atoms with Crippen LogP contribution in [0.15, 0.2) is 86.0 Å². The number of hydrogen-bond donors (Lipinski definition) is 2. The highest BCUT2D eigenvalue weighted by molar-refractivity contribution is 6.05. The molecule has 1 aliphatic heterocycles. The first kappa shape index (κ1) is 20.5. The van der Waals surface area contributed by atoms with Gasteiger partial charge < -0.3 is 20.4 Å². The Labute approximate surface area is 191 Å². The van der Waals surface area contributed by atoms with E-state index in [1.165, 1.54) is 12.4 Å². The predicted molar refractivity (Wildman–Crippen MR) is 130 cm³/mol. The predicted octanol–water partition coefficient (Wildman–Crippen LogP) is 4.02. The first-order chi connectivity index (χ1) is 16.1. The van der Waals surface area contributed by atoms with Gasteiger partial charge in [0.05, 0.1) is 17.1 Å². The summed E-state index contributed by atoms with van der Waals surface area (Å²) in [6.45, 7) is 8.35. The maximum absolute atomic E-state index is 12.0. The zero-order valence-corrected chi connectivity index (χ0v) is 18.0. The lowest BCUT2D eigenvalue weighted by Crippen LogP contribution is -2.34. The summed E-state index contributed by atoms with van der Waals surface area (Å²) in [7, 11) is 0. The van der Waals surface area contributed by atoms with Crippen molar-refractivity contribution in [3.05, 3.63) is 97.2 Å². The number of rotatable bonds is 5. The van der Waals surface area contributed by atoms with Gasteiger partial charge in [-0.2, -0.15) is 0 Å². The smallest absolute Gasteiger partial charge is 0.243 e. The Morgan fingerprint density at radius 3 is 2.82 bits per heavy atom. The number of ether oxygens (including phenoxy) is 1. The largest absolute Gasteiger partial charge is 0.458 e. The van der Waals surface area contributed by atoms with Crippen molar-refractivity contribution in [2.45, 2.75) is 19.0 Å². The number of benzene rings is 1. The quantitative estimate of drug-likeness (QED) is 0.588. The van der Waals surface area contributed by atoms with E-state index in [4.69, 9.17) is 10.5 Å². The molecule has 2 aromatic heterocycles. The minimum atomic E-state index is -0.254. The van der Waals surface area contributed by atoms with Gasteiger partial charge in [-0.3, -0.25) is 4.79 Å². The molecule has 164 valence electrons. The van der Waals surface area contributed by atoms with Crippen LogP contribution in [0.4, 0.5) is 5.82 Å². The maximum Gasteiger partial charge on any atom is 0.243 e. The van der Waals surface area contributed by atoms with Gasteiger partial charge in [0, 0.05) is 12.1 Å². The Balaban J connectivity index is 1.55. The van der Waals surface area contributed by atoms with Crippen molar-refractivity contribution in [3.8, 4) is 5.75 Å². The molecule has 3 heterocycles. The Morgan fingerprint density at radius 1 is 1.21 bits per heavy atom. The van der Waals surface area contributed by atoms with Crippen molar-refractivity contribution in [2.75, 3.05) is 5.73 Å². The van der Waals surface area contributed by atoms with Gasteiger partial charge in [0.25, 0.3) is 0 Å². The van der Waals surface area contributed by atoms with Crippen molar-refractivity contribution in [1.82, 2.24) is 19.9 Å². The molecule has 0 saturated carbocycles. The van der Waals surface area contributed by atoms with Crippen LogP contribution in [0.3, 0.4) is 0 Å². The number of nitrogen functional groups attached to an aromatic ring is 1. The standard InChI is InChI=1S/C26H23N5O2/c1-3-21(32)30-20-14-31-24(16(20)2)22(23-25(27)28-15-29-26(23)31)17-8-7-11-19(13-12-17)33-18-9-5-4-6-10-18/h3-6,8-13,15,20H,1-2,7,14H2,(H,30,32)(H2,27,28,29). The minimum Gasteiger partial charge on any atom is -0.458 e. The molecule has 1 aliphatic carbocycles. The molecule has 2 aliphatic rings. The van der Waals surface area contributed by atoms with Gasteiger partial charge in [0.15, 0.2) is 0 Å². The molecular formula is C26H23N5O2. The average molecular weight is 438 g/mol. The summed E-state index contributed by atoms with van der Waals surface area (Å²) in [5.74, 6) is 1.70. The third kappa shape index (κ3) is 3.63. The lowest BCUT2D eigenvalue weighted by atomic mass is 9.97. The van der Waals surface area contributed by atoms with E-state index in [1.807, 2.05) is 53.1 Å². The maximum atomic E-state index is 12.0. The molecule has 33 heavy (non-hydrogen) atoms. The topological polar surface area (TPSA) is 95.1 Å². The van der Waals surface area contributed by atoms with E-state index >= 15 is 0 Å². The summed E-state index contributed by atoms with van der Waals surface area (Å²) >= 11 is 0. The van der Waals surface area contributed by atoms with Crippen LogP contribution in [0.25, 0.3) is 22.2 Å². The summed E-state index contributed by atoms with van der Waals surface area (Å²) in [6.07, 6.45) is 11.5. The molecule has 1 aromatic carbocycles. The minimum absolute atomic E-state index is 0.243. The van der Waals surface area contributed by atoms with Crippen molar-refractivity contribution in [1.29, 1.82) is 0 Å². The van der Waals surface area contributed by atoms with Crippen LogP contribution >= 0.6 is 0 Å². The van der Waals surface area contributed by atoms with Crippen LogP contribution in [-0.4, -0.2) is 26.5 Å². The van der Waals surface area contributed by atoms with Crippen LogP contribution in [0.2, 0.25) is 0 Å². The lowest BCUT2D eigenvalue weighted by molar-refractivity contribution is -0.116. The number of nitrogens with two attached hydrogens (primary N) is 1. The second-order valence-corrected chi connectivity index (χ2v) is 7.83. The van der Waals surface area contributed by atoms with Crippen molar-refractivity contribution in [2.24, 2.45) is 0 Å². The number of carbonyl (C=O) groups is 1. The molecule has 0 fully saturated rings. The van der Waals surface area contributed by atoms with Crippen LogP contribution in [0, 0.1) is 0 Å². The highest BCUT2D eigenvalue weighted by Gasteiger charge is 2.34. The Kier molecular flexibility index (Phi) is 5.14. The van der Waals surface area contributed by atoms with Gasteiger partial charge in [0.1, 0.15) is 29.3 Å². The molecule has 0 saturated heterocycles. The highest BCUT2D eigenvalue weighted by Crippen LogP contribution is 2.42. The van der Waals surface area contributed by atoms with E-state index < -0.39 is 0 Å². The van der Waals surface area contributed by atoms with Gasteiger partial charge >= 0.3 is 0 Å². The monoisotopic (exact) mass is 437 g/mol. The zero-order chi connectivity index (χ0) is 22.9. The molecule has 7 nitrogen and oxygen atoms in total. The second kappa shape index (κ2) is 8.27. The second-order valence-electron chi connectivity index (χ2n) is 7.83. The Hall–Kier alpha value is -4.39. The van der Waals surface area contributed by atoms with Gasteiger partial charge in [-0.1, -0.05) is 43.5 Å². The fraction of sp³-hybridized carbons (Fsp3) is 0.115.